The van der Waals surface area contributed by atoms with Crippen molar-refractivity contribution in [2.75, 3.05) is 0 Å². The number of nitrogens with one attached hydrogen (secondary N) is 1. The Hall–Kier alpha value is -2.33. The van der Waals surface area contributed by atoms with E-state index in [9.17, 15) is 9.90 Å². The van der Waals surface area contributed by atoms with E-state index in [0.717, 1.165) is 11.1 Å². The number of phenolic OH excluding ortho intramolecular Hbond substituents is 1. The molecule has 0 aromatic heterocycles. The summed E-state index contributed by atoms with van der Waals surface area (Å²) >= 11 is 5.78. The number of hydrogen-bond acceptors (Lipinski definition) is 3. The Balaban J connectivity index is 1.93. The van der Waals surface area contributed by atoms with E-state index in [1.165, 1.54) is 6.21 Å². The molecule has 4 nitrogen and oxygen atoms in total. The molecule has 0 aliphatic heterocycles. The Morgan fingerprint density at radius 3 is 2.71 bits per heavy atom. The van der Waals surface area contributed by atoms with Gasteiger partial charge in [0.05, 0.1) is 12.6 Å². The van der Waals surface area contributed by atoms with Crippen LogP contribution in [0.4, 0.5) is 0 Å². The number of halogens is 1. The van der Waals surface area contributed by atoms with Crippen molar-refractivity contribution in [2.45, 2.75) is 13.3 Å². The van der Waals surface area contributed by atoms with E-state index in [-0.39, 0.29) is 18.1 Å². The molecule has 21 heavy (non-hydrogen) atoms. The Labute approximate surface area is 128 Å². The Morgan fingerprint density at radius 2 is 2.00 bits per heavy atom. The first-order valence-electron chi connectivity index (χ1n) is 6.40. The van der Waals surface area contributed by atoms with Gasteiger partial charge in [-0.3, -0.25) is 4.79 Å². The number of aryl methyl sites for hydroxylation is 1. The fraction of sp³-hybridized carbons (Fsp3) is 0.125. The molecule has 0 fully saturated rings. The van der Waals surface area contributed by atoms with Crippen molar-refractivity contribution < 1.29 is 9.90 Å². The van der Waals surface area contributed by atoms with Crippen molar-refractivity contribution in [3.8, 4) is 5.75 Å². The van der Waals surface area contributed by atoms with Crippen LogP contribution in [0.1, 0.15) is 16.7 Å². The van der Waals surface area contributed by atoms with Gasteiger partial charge in [0.2, 0.25) is 5.91 Å². The standard InChI is InChI=1S/C16H15ClN2O2/c1-11-2-7-15(20)13(8-11)10-18-19-16(21)9-12-3-5-14(17)6-4-12/h2-8,10,20H,9H2,1H3,(H,19,21). The molecule has 2 N–H and O–H groups in total. The van der Waals surface area contributed by atoms with Crippen LogP contribution in [0.15, 0.2) is 47.6 Å². The zero-order valence-electron chi connectivity index (χ0n) is 11.5. The van der Waals surface area contributed by atoms with Gasteiger partial charge < -0.3 is 5.11 Å². The van der Waals surface area contributed by atoms with Crippen molar-refractivity contribution in [1.29, 1.82) is 0 Å². The predicted molar refractivity (Wildman–Crippen MR) is 83.7 cm³/mol. The van der Waals surface area contributed by atoms with Crippen molar-refractivity contribution >= 4 is 23.7 Å². The molecule has 0 atom stereocenters. The van der Waals surface area contributed by atoms with E-state index in [1.807, 2.05) is 6.92 Å². The number of nitrogens with zero attached hydrogens (tertiary/aromatic N) is 1. The maximum atomic E-state index is 11.7. The van der Waals surface area contributed by atoms with Crippen LogP contribution in [0.25, 0.3) is 0 Å². The summed E-state index contributed by atoms with van der Waals surface area (Å²) in [6, 6.07) is 12.2. The minimum Gasteiger partial charge on any atom is -0.507 e. The quantitative estimate of drug-likeness (QED) is 0.673. The molecule has 2 aromatic rings. The highest BCUT2D eigenvalue weighted by Crippen LogP contribution is 2.15. The topological polar surface area (TPSA) is 61.7 Å². The van der Waals surface area contributed by atoms with Crippen LogP contribution >= 0.6 is 11.6 Å². The van der Waals surface area contributed by atoms with Crippen LogP contribution in [-0.2, 0) is 11.2 Å². The lowest BCUT2D eigenvalue weighted by atomic mass is 10.1. The van der Waals surface area contributed by atoms with E-state index in [1.54, 1.807) is 42.5 Å². The molecule has 5 heteroatoms. The molecule has 108 valence electrons. The molecule has 0 aliphatic rings. The lowest BCUT2D eigenvalue weighted by Crippen LogP contribution is -2.19. The third kappa shape index (κ3) is 4.61. The van der Waals surface area contributed by atoms with Crippen LogP contribution in [0, 0.1) is 6.92 Å². The Kier molecular flexibility index (Phi) is 4.95. The van der Waals surface area contributed by atoms with Gasteiger partial charge in [0.25, 0.3) is 0 Å². The molecule has 2 aromatic carbocycles. The highest BCUT2D eigenvalue weighted by Gasteiger charge is 2.02. The average Bonchev–Trinajstić information content (AvgIpc) is 2.45. The van der Waals surface area contributed by atoms with Crippen LogP contribution in [0.5, 0.6) is 5.75 Å². The molecule has 0 heterocycles. The van der Waals surface area contributed by atoms with E-state index in [0.29, 0.717) is 10.6 Å². The summed E-state index contributed by atoms with van der Waals surface area (Å²) in [5.74, 6) is -0.114. The number of carbonyl (C=O) groups excluding carboxylic acids is 1. The molecule has 0 saturated carbocycles. The minimum absolute atomic E-state index is 0.122. The monoisotopic (exact) mass is 302 g/mol. The number of benzene rings is 2. The molecular formula is C16H15ClN2O2. The lowest BCUT2D eigenvalue weighted by Gasteiger charge is -2.02. The first-order chi connectivity index (χ1) is 10.0. The summed E-state index contributed by atoms with van der Waals surface area (Å²) in [6.07, 6.45) is 1.64. The Morgan fingerprint density at radius 1 is 1.29 bits per heavy atom. The second-order valence-corrected chi connectivity index (χ2v) is 5.10. The first-order valence-corrected chi connectivity index (χ1v) is 6.78. The normalized spacial score (nSPS) is 10.8. The highest BCUT2D eigenvalue weighted by atomic mass is 35.5. The second-order valence-electron chi connectivity index (χ2n) is 4.66. The van der Waals surface area contributed by atoms with Gasteiger partial charge in [-0.2, -0.15) is 5.10 Å². The smallest absolute Gasteiger partial charge is 0.244 e. The number of phenols is 1. The summed E-state index contributed by atoms with van der Waals surface area (Å²) in [4.78, 5) is 11.7. The molecule has 0 aliphatic carbocycles. The zero-order chi connectivity index (χ0) is 15.2. The SMILES string of the molecule is Cc1ccc(O)c(C=NNC(=O)Cc2ccc(Cl)cc2)c1. The predicted octanol–water partition coefficient (Wildman–Crippen LogP) is 3.05. The molecule has 0 unspecified atom stereocenters. The largest absolute Gasteiger partial charge is 0.507 e. The fourth-order valence-corrected chi connectivity index (χ4v) is 1.90. The fourth-order valence-electron chi connectivity index (χ4n) is 1.78. The third-order valence-corrected chi connectivity index (χ3v) is 3.11. The molecule has 2 rings (SSSR count). The van der Waals surface area contributed by atoms with Crippen LogP contribution in [-0.4, -0.2) is 17.2 Å². The number of amides is 1. The number of aromatic hydroxyl groups is 1. The number of hydrazone groups is 1. The molecule has 0 bridgehead atoms. The summed E-state index contributed by atoms with van der Waals surface area (Å²) < 4.78 is 0. The molecule has 0 spiro atoms. The van der Waals surface area contributed by atoms with E-state index in [4.69, 9.17) is 11.6 Å². The van der Waals surface area contributed by atoms with Gasteiger partial charge in [-0.05, 0) is 36.8 Å². The van der Waals surface area contributed by atoms with Crippen LogP contribution < -0.4 is 5.43 Å². The number of rotatable bonds is 4. The average molecular weight is 303 g/mol. The van der Waals surface area contributed by atoms with E-state index >= 15 is 0 Å². The molecule has 1 amide bonds. The van der Waals surface area contributed by atoms with E-state index < -0.39 is 0 Å². The summed E-state index contributed by atoms with van der Waals surface area (Å²) in [6.45, 7) is 1.91. The number of hydrogen-bond donors (Lipinski definition) is 2. The first kappa shape index (κ1) is 15.1. The van der Waals surface area contributed by atoms with Crippen LogP contribution in [0.3, 0.4) is 0 Å². The van der Waals surface area contributed by atoms with Gasteiger partial charge >= 0.3 is 0 Å². The maximum Gasteiger partial charge on any atom is 0.244 e. The van der Waals surface area contributed by atoms with Gasteiger partial charge in [-0.1, -0.05) is 35.4 Å². The van der Waals surface area contributed by atoms with Gasteiger partial charge in [-0.15, -0.1) is 0 Å². The van der Waals surface area contributed by atoms with Gasteiger partial charge in [0, 0.05) is 10.6 Å². The lowest BCUT2D eigenvalue weighted by molar-refractivity contribution is -0.120. The van der Waals surface area contributed by atoms with Gasteiger partial charge in [-0.25, -0.2) is 5.43 Å². The molecular weight excluding hydrogens is 288 g/mol. The van der Waals surface area contributed by atoms with E-state index in [2.05, 4.69) is 10.5 Å². The van der Waals surface area contributed by atoms with Crippen molar-refractivity contribution in [2.24, 2.45) is 5.10 Å². The minimum atomic E-state index is -0.235. The Bertz CT molecular complexity index is 666. The zero-order valence-corrected chi connectivity index (χ0v) is 12.3. The van der Waals surface area contributed by atoms with Gasteiger partial charge in [0.15, 0.2) is 0 Å². The molecule has 0 saturated heterocycles. The maximum absolute atomic E-state index is 11.7. The van der Waals surface area contributed by atoms with Crippen LogP contribution in [0.2, 0.25) is 5.02 Å². The second kappa shape index (κ2) is 6.90. The van der Waals surface area contributed by atoms with Crippen molar-refractivity contribution in [3.05, 3.63) is 64.2 Å². The third-order valence-electron chi connectivity index (χ3n) is 2.85. The van der Waals surface area contributed by atoms with Crippen molar-refractivity contribution in [3.63, 3.8) is 0 Å². The molecule has 0 radical (unpaired) electrons. The summed E-state index contributed by atoms with van der Waals surface area (Å²) in [5.41, 5.74) is 4.84. The number of carbonyl (C=O) groups is 1. The summed E-state index contributed by atoms with van der Waals surface area (Å²) in [5, 5.41) is 14.1. The van der Waals surface area contributed by atoms with Gasteiger partial charge in [0.1, 0.15) is 5.75 Å². The summed E-state index contributed by atoms with van der Waals surface area (Å²) in [7, 11) is 0. The van der Waals surface area contributed by atoms with Crippen molar-refractivity contribution in [1.82, 2.24) is 5.43 Å². The highest BCUT2D eigenvalue weighted by molar-refractivity contribution is 6.30.